The van der Waals surface area contributed by atoms with Crippen LogP contribution in [0.1, 0.15) is 9.75 Å². The predicted molar refractivity (Wildman–Crippen MR) is 107 cm³/mol. The molecule has 3 nitrogen and oxygen atoms in total. The number of anilines is 1. The van der Waals surface area contributed by atoms with Gasteiger partial charge in [0.2, 0.25) is 0 Å². The van der Waals surface area contributed by atoms with Crippen molar-refractivity contribution in [2.45, 2.75) is 13.1 Å². The van der Waals surface area contributed by atoms with Crippen LogP contribution in [0.4, 0.5) is 5.69 Å². The lowest BCUT2D eigenvalue weighted by molar-refractivity contribution is 0.414. The summed E-state index contributed by atoms with van der Waals surface area (Å²) in [6.07, 6.45) is 0. The van der Waals surface area contributed by atoms with Crippen molar-refractivity contribution in [1.82, 2.24) is 4.90 Å². The lowest BCUT2D eigenvalue weighted by Gasteiger charge is -2.25. The Morgan fingerprint density at radius 3 is 2.25 bits per heavy atom. The third kappa shape index (κ3) is 4.56. The van der Waals surface area contributed by atoms with Gasteiger partial charge >= 0.3 is 0 Å². The summed E-state index contributed by atoms with van der Waals surface area (Å²) in [6.45, 7) is 1.59. The van der Waals surface area contributed by atoms with E-state index in [0.29, 0.717) is 5.11 Å². The van der Waals surface area contributed by atoms with Crippen molar-refractivity contribution in [3.05, 3.63) is 69.0 Å². The topological polar surface area (TPSA) is 24.5 Å². The minimum absolute atomic E-state index is 0.713. The average Bonchev–Trinajstić information content (AvgIpc) is 3.28. The summed E-state index contributed by atoms with van der Waals surface area (Å²) < 4.78 is 5.27. The molecule has 6 heteroatoms. The maximum atomic E-state index is 5.67. The predicted octanol–water partition coefficient (Wildman–Crippen LogP) is 5.22. The molecule has 2 aromatic heterocycles. The van der Waals surface area contributed by atoms with Gasteiger partial charge in [0.25, 0.3) is 0 Å². The van der Waals surface area contributed by atoms with E-state index in [-0.39, 0.29) is 0 Å². The molecular formula is C18H18N2OS3. The van der Waals surface area contributed by atoms with E-state index in [1.165, 1.54) is 9.75 Å². The van der Waals surface area contributed by atoms with Gasteiger partial charge in [-0.1, -0.05) is 18.2 Å². The summed E-state index contributed by atoms with van der Waals surface area (Å²) in [7, 11) is 1.66. The molecule has 0 aliphatic rings. The quantitative estimate of drug-likeness (QED) is 0.598. The fourth-order valence-corrected chi connectivity index (χ4v) is 3.97. The lowest BCUT2D eigenvalue weighted by Crippen LogP contribution is -2.33. The Morgan fingerprint density at radius 1 is 1.04 bits per heavy atom. The monoisotopic (exact) mass is 374 g/mol. The molecule has 0 amide bonds. The molecule has 0 atom stereocenters. The van der Waals surface area contributed by atoms with Gasteiger partial charge in [0.1, 0.15) is 5.75 Å². The smallest absolute Gasteiger partial charge is 0.174 e. The summed E-state index contributed by atoms with van der Waals surface area (Å²) in [5, 5.41) is 8.23. The van der Waals surface area contributed by atoms with Crippen molar-refractivity contribution in [2.24, 2.45) is 0 Å². The van der Waals surface area contributed by atoms with Crippen molar-refractivity contribution in [3.63, 3.8) is 0 Å². The van der Waals surface area contributed by atoms with Crippen LogP contribution in [-0.4, -0.2) is 17.1 Å². The van der Waals surface area contributed by atoms with E-state index in [9.17, 15) is 0 Å². The highest BCUT2D eigenvalue weighted by Crippen LogP contribution is 2.20. The van der Waals surface area contributed by atoms with Crippen molar-refractivity contribution < 1.29 is 4.74 Å². The van der Waals surface area contributed by atoms with Gasteiger partial charge in [0.15, 0.2) is 5.11 Å². The highest BCUT2D eigenvalue weighted by Gasteiger charge is 2.13. The summed E-state index contributed by atoms with van der Waals surface area (Å²) in [5.74, 6) is 0.811. The number of methoxy groups -OCH3 is 1. The molecule has 3 rings (SSSR count). The van der Waals surface area contributed by atoms with Gasteiger partial charge in [-0.2, -0.15) is 0 Å². The van der Waals surface area contributed by atoms with Gasteiger partial charge in [-0.3, -0.25) is 0 Å². The Bertz CT molecular complexity index is 733. The molecule has 0 aliphatic heterocycles. The Morgan fingerprint density at radius 2 is 1.71 bits per heavy atom. The number of hydrogen-bond acceptors (Lipinski definition) is 4. The maximum absolute atomic E-state index is 5.67. The second-order valence-corrected chi connectivity index (χ2v) is 7.63. The van der Waals surface area contributed by atoms with Gasteiger partial charge in [0.05, 0.1) is 20.2 Å². The normalized spacial score (nSPS) is 10.4. The minimum Gasteiger partial charge on any atom is -0.497 e. The van der Waals surface area contributed by atoms with Crippen LogP contribution in [0, 0.1) is 0 Å². The fraction of sp³-hybridized carbons (Fsp3) is 0.167. The van der Waals surface area contributed by atoms with Gasteiger partial charge in [-0.05, 0) is 47.2 Å². The molecule has 0 radical (unpaired) electrons. The first-order valence-corrected chi connectivity index (χ1v) is 9.66. The van der Waals surface area contributed by atoms with Crippen LogP contribution in [0.15, 0.2) is 59.3 Å². The zero-order valence-electron chi connectivity index (χ0n) is 13.3. The molecule has 2 heterocycles. The Labute approximate surface area is 155 Å². The first kappa shape index (κ1) is 17.0. The van der Waals surface area contributed by atoms with E-state index in [4.69, 9.17) is 17.0 Å². The first-order chi connectivity index (χ1) is 11.7. The van der Waals surface area contributed by atoms with E-state index in [1.807, 2.05) is 24.3 Å². The van der Waals surface area contributed by atoms with E-state index < -0.39 is 0 Å². The van der Waals surface area contributed by atoms with Gasteiger partial charge in [-0.15, -0.1) is 22.7 Å². The summed E-state index contributed by atoms with van der Waals surface area (Å²) in [6, 6.07) is 16.2. The van der Waals surface area contributed by atoms with Crippen LogP contribution >= 0.6 is 34.9 Å². The molecule has 1 aromatic carbocycles. The van der Waals surface area contributed by atoms with Crippen LogP contribution < -0.4 is 10.1 Å². The average molecular weight is 375 g/mol. The number of hydrogen-bond donors (Lipinski definition) is 1. The van der Waals surface area contributed by atoms with Gasteiger partial charge in [-0.25, -0.2) is 0 Å². The SMILES string of the molecule is COc1cccc(NC(=S)N(Cc2cccs2)Cc2cccs2)c1. The number of benzene rings is 1. The van der Waals surface area contributed by atoms with Crippen LogP contribution in [-0.2, 0) is 13.1 Å². The third-order valence-corrected chi connectivity index (χ3v) is 5.54. The van der Waals surface area contributed by atoms with E-state index in [1.54, 1.807) is 29.8 Å². The summed E-state index contributed by atoms with van der Waals surface area (Å²) >= 11 is 9.16. The minimum atomic E-state index is 0.713. The van der Waals surface area contributed by atoms with E-state index in [0.717, 1.165) is 24.5 Å². The molecular weight excluding hydrogens is 356 g/mol. The summed E-state index contributed by atoms with van der Waals surface area (Å²) in [5.41, 5.74) is 0.932. The van der Waals surface area contributed by atoms with E-state index in [2.05, 4.69) is 45.2 Å². The number of thiophene rings is 2. The number of thiocarbonyl (C=S) groups is 1. The van der Waals surface area contributed by atoms with Crippen LogP contribution in [0.3, 0.4) is 0 Å². The maximum Gasteiger partial charge on any atom is 0.174 e. The summed E-state index contributed by atoms with van der Waals surface area (Å²) in [4.78, 5) is 4.77. The number of ether oxygens (including phenoxy) is 1. The molecule has 0 fully saturated rings. The Balaban J connectivity index is 1.74. The molecule has 124 valence electrons. The Kier molecular flexibility index (Phi) is 5.85. The van der Waals surface area contributed by atoms with Gasteiger partial charge < -0.3 is 15.0 Å². The van der Waals surface area contributed by atoms with Crippen molar-refractivity contribution >= 4 is 45.7 Å². The second-order valence-electron chi connectivity index (χ2n) is 5.18. The molecule has 0 bridgehead atoms. The molecule has 0 aliphatic carbocycles. The zero-order valence-corrected chi connectivity index (χ0v) is 15.7. The second kappa shape index (κ2) is 8.28. The van der Waals surface area contributed by atoms with E-state index >= 15 is 0 Å². The molecule has 0 spiro atoms. The third-order valence-electron chi connectivity index (χ3n) is 3.46. The largest absolute Gasteiger partial charge is 0.497 e. The van der Waals surface area contributed by atoms with Crippen LogP contribution in [0.25, 0.3) is 0 Å². The molecule has 0 saturated carbocycles. The highest BCUT2D eigenvalue weighted by molar-refractivity contribution is 7.80. The highest BCUT2D eigenvalue weighted by atomic mass is 32.1. The molecule has 0 unspecified atom stereocenters. The number of nitrogens with zero attached hydrogens (tertiary/aromatic N) is 1. The molecule has 0 saturated heterocycles. The fourth-order valence-electron chi connectivity index (χ4n) is 2.28. The first-order valence-electron chi connectivity index (χ1n) is 7.49. The van der Waals surface area contributed by atoms with Crippen LogP contribution in [0.2, 0.25) is 0 Å². The lowest BCUT2D eigenvalue weighted by atomic mass is 10.3. The molecule has 1 N–H and O–H groups in total. The van der Waals surface area contributed by atoms with Gasteiger partial charge in [0, 0.05) is 21.5 Å². The standard InChI is InChI=1S/C18H18N2OS3/c1-21-15-6-2-5-14(11-15)19-18(22)20(12-16-7-3-9-23-16)13-17-8-4-10-24-17/h2-11H,12-13H2,1H3,(H,19,22). The van der Waals surface area contributed by atoms with Crippen molar-refractivity contribution in [3.8, 4) is 5.75 Å². The zero-order chi connectivity index (χ0) is 16.8. The van der Waals surface area contributed by atoms with Crippen molar-refractivity contribution in [2.75, 3.05) is 12.4 Å². The molecule has 24 heavy (non-hydrogen) atoms. The van der Waals surface area contributed by atoms with Crippen LogP contribution in [0.5, 0.6) is 5.75 Å². The molecule has 3 aromatic rings. The Hall–Kier alpha value is -1.89. The number of rotatable bonds is 6. The van der Waals surface area contributed by atoms with Crippen molar-refractivity contribution in [1.29, 1.82) is 0 Å². The number of nitrogens with one attached hydrogen (secondary N) is 1.